The smallest absolute Gasteiger partial charge is 0.251 e. The highest BCUT2D eigenvalue weighted by Crippen LogP contribution is 2.14. The normalized spacial score (nSPS) is 9.82. The van der Waals surface area contributed by atoms with Gasteiger partial charge in [-0.15, -0.1) is 0 Å². The highest BCUT2D eigenvalue weighted by Gasteiger charge is 2.09. The monoisotopic (exact) mass is 239 g/mol. The second-order valence-electron chi connectivity index (χ2n) is 3.70. The Hall–Kier alpha value is -2.11. The van der Waals surface area contributed by atoms with Crippen molar-refractivity contribution in [2.75, 3.05) is 26.0 Å². The highest BCUT2D eigenvalue weighted by atomic mass is 19.1. The van der Waals surface area contributed by atoms with Crippen LogP contribution in [0.25, 0.3) is 0 Å². The Kier molecular flexibility index (Phi) is 4.03. The van der Waals surface area contributed by atoms with Crippen molar-refractivity contribution in [2.45, 2.75) is 0 Å². The van der Waals surface area contributed by atoms with E-state index in [0.29, 0.717) is 5.69 Å². The van der Waals surface area contributed by atoms with Gasteiger partial charge >= 0.3 is 0 Å². The van der Waals surface area contributed by atoms with Gasteiger partial charge in [0.2, 0.25) is 5.91 Å². The van der Waals surface area contributed by atoms with Crippen LogP contribution in [0.2, 0.25) is 0 Å². The van der Waals surface area contributed by atoms with Crippen molar-refractivity contribution in [1.29, 1.82) is 0 Å². The van der Waals surface area contributed by atoms with Crippen molar-refractivity contribution < 1.29 is 14.0 Å². The van der Waals surface area contributed by atoms with Gasteiger partial charge in [0, 0.05) is 19.8 Å². The van der Waals surface area contributed by atoms with Gasteiger partial charge in [0.15, 0.2) is 0 Å². The van der Waals surface area contributed by atoms with Crippen molar-refractivity contribution in [1.82, 2.24) is 4.90 Å². The Morgan fingerprint density at radius 1 is 1.41 bits per heavy atom. The van der Waals surface area contributed by atoms with Crippen molar-refractivity contribution in [3.63, 3.8) is 0 Å². The van der Waals surface area contributed by atoms with Crippen LogP contribution in [0.4, 0.5) is 10.1 Å². The van der Waals surface area contributed by atoms with E-state index in [9.17, 15) is 14.0 Å². The van der Waals surface area contributed by atoms with Gasteiger partial charge < -0.3 is 16.0 Å². The molecule has 2 amide bonds. The molecule has 6 heteroatoms. The topological polar surface area (TPSA) is 75.4 Å². The average molecular weight is 239 g/mol. The standard InChI is InChI=1S/C11H14FN3O2/c1-15(2)10(16)6-14-7-3-4-9(12)8(5-7)11(13)17/h3-5,14H,6H2,1-2H3,(H2,13,17). The minimum Gasteiger partial charge on any atom is -0.376 e. The number of nitrogens with zero attached hydrogens (tertiary/aromatic N) is 1. The Morgan fingerprint density at radius 2 is 2.06 bits per heavy atom. The molecule has 0 unspecified atom stereocenters. The number of nitrogens with two attached hydrogens (primary N) is 1. The number of amides is 2. The fraction of sp³-hybridized carbons (Fsp3) is 0.273. The van der Waals surface area contributed by atoms with Crippen LogP contribution in [-0.4, -0.2) is 37.4 Å². The van der Waals surface area contributed by atoms with E-state index in [4.69, 9.17) is 5.73 Å². The number of nitrogens with one attached hydrogen (secondary N) is 1. The molecule has 0 radical (unpaired) electrons. The predicted octanol–water partition coefficient (Wildman–Crippen LogP) is 0.425. The lowest BCUT2D eigenvalue weighted by Crippen LogP contribution is -2.28. The van der Waals surface area contributed by atoms with Crippen molar-refractivity contribution in [2.24, 2.45) is 5.73 Å². The van der Waals surface area contributed by atoms with E-state index in [1.54, 1.807) is 14.1 Å². The molecule has 5 nitrogen and oxygen atoms in total. The molecule has 0 fully saturated rings. The van der Waals surface area contributed by atoms with Crippen LogP contribution in [0.5, 0.6) is 0 Å². The lowest BCUT2D eigenvalue weighted by molar-refractivity contribution is -0.126. The largest absolute Gasteiger partial charge is 0.376 e. The van der Waals surface area contributed by atoms with E-state index < -0.39 is 11.7 Å². The molecule has 1 aromatic carbocycles. The fourth-order valence-corrected chi connectivity index (χ4v) is 1.16. The zero-order valence-electron chi connectivity index (χ0n) is 9.66. The zero-order chi connectivity index (χ0) is 13.0. The molecular weight excluding hydrogens is 225 g/mol. The Morgan fingerprint density at radius 3 is 2.59 bits per heavy atom. The maximum Gasteiger partial charge on any atom is 0.251 e. The Bertz CT molecular complexity index is 446. The van der Waals surface area contributed by atoms with E-state index in [1.807, 2.05) is 0 Å². The van der Waals surface area contributed by atoms with Crippen LogP contribution in [-0.2, 0) is 4.79 Å². The predicted molar refractivity (Wildman–Crippen MR) is 62.1 cm³/mol. The number of hydrogen-bond acceptors (Lipinski definition) is 3. The third-order valence-corrected chi connectivity index (χ3v) is 2.17. The minimum atomic E-state index is -0.843. The minimum absolute atomic E-state index is 0.0663. The summed E-state index contributed by atoms with van der Waals surface area (Å²) in [7, 11) is 3.26. The van der Waals surface area contributed by atoms with Crippen LogP contribution in [0.1, 0.15) is 10.4 Å². The second kappa shape index (κ2) is 5.29. The first-order valence-electron chi connectivity index (χ1n) is 4.95. The molecule has 0 atom stereocenters. The summed E-state index contributed by atoms with van der Waals surface area (Å²) in [5.74, 6) is -1.65. The first kappa shape index (κ1) is 13.0. The SMILES string of the molecule is CN(C)C(=O)CNc1ccc(F)c(C(N)=O)c1. The summed E-state index contributed by atoms with van der Waals surface area (Å²) in [6.07, 6.45) is 0. The number of anilines is 1. The molecule has 0 aliphatic rings. The molecule has 0 aliphatic carbocycles. The van der Waals surface area contributed by atoms with Crippen molar-refractivity contribution >= 4 is 17.5 Å². The van der Waals surface area contributed by atoms with Crippen LogP contribution >= 0.6 is 0 Å². The molecule has 0 spiro atoms. The number of carbonyl (C=O) groups is 2. The number of halogens is 1. The van der Waals surface area contributed by atoms with E-state index in [1.165, 1.54) is 17.0 Å². The Balaban J connectivity index is 2.76. The summed E-state index contributed by atoms with van der Waals surface area (Å²) in [5, 5.41) is 2.78. The maximum atomic E-state index is 13.1. The molecule has 92 valence electrons. The van der Waals surface area contributed by atoms with Gasteiger partial charge in [-0.3, -0.25) is 9.59 Å². The molecule has 1 aromatic rings. The summed E-state index contributed by atoms with van der Waals surface area (Å²) in [4.78, 5) is 23.6. The molecule has 0 saturated heterocycles. The van der Waals surface area contributed by atoms with E-state index >= 15 is 0 Å². The van der Waals surface area contributed by atoms with Gasteiger partial charge in [0.1, 0.15) is 5.82 Å². The van der Waals surface area contributed by atoms with Crippen LogP contribution in [0, 0.1) is 5.82 Å². The van der Waals surface area contributed by atoms with E-state index in [2.05, 4.69) is 5.32 Å². The number of hydrogen-bond donors (Lipinski definition) is 2. The molecule has 0 saturated carbocycles. The van der Waals surface area contributed by atoms with Gasteiger partial charge in [0.25, 0.3) is 5.91 Å². The quantitative estimate of drug-likeness (QED) is 0.799. The molecule has 0 heterocycles. The molecule has 0 aromatic heterocycles. The number of primary amides is 1. The molecule has 1 rings (SSSR count). The second-order valence-corrected chi connectivity index (χ2v) is 3.70. The zero-order valence-corrected chi connectivity index (χ0v) is 9.66. The Labute approximate surface area is 98.4 Å². The van der Waals surface area contributed by atoms with E-state index in [-0.39, 0.29) is 18.0 Å². The van der Waals surface area contributed by atoms with Crippen LogP contribution in [0.3, 0.4) is 0 Å². The van der Waals surface area contributed by atoms with Crippen molar-refractivity contribution in [3.8, 4) is 0 Å². The first-order chi connectivity index (χ1) is 7.91. The van der Waals surface area contributed by atoms with Crippen LogP contribution in [0.15, 0.2) is 18.2 Å². The summed E-state index contributed by atoms with van der Waals surface area (Å²) in [5.41, 5.74) is 5.27. The highest BCUT2D eigenvalue weighted by molar-refractivity contribution is 5.94. The number of likely N-dealkylation sites (N-methyl/N-ethyl adjacent to an activating group) is 1. The number of carbonyl (C=O) groups excluding carboxylic acids is 2. The molecule has 0 aliphatic heterocycles. The summed E-state index contributed by atoms with van der Waals surface area (Å²) in [6, 6.07) is 3.84. The van der Waals surface area contributed by atoms with E-state index in [0.717, 1.165) is 6.07 Å². The number of rotatable bonds is 4. The lowest BCUT2D eigenvalue weighted by atomic mass is 10.2. The molecule has 3 N–H and O–H groups in total. The summed E-state index contributed by atoms with van der Waals surface area (Å²) >= 11 is 0. The molecule has 0 bridgehead atoms. The fourth-order valence-electron chi connectivity index (χ4n) is 1.16. The van der Waals surface area contributed by atoms with Gasteiger partial charge in [-0.1, -0.05) is 0 Å². The average Bonchev–Trinajstić information content (AvgIpc) is 2.26. The third-order valence-electron chi connectivity index (χ3n) is 2.17. The van der Waals surface area contributed by atoms with Crippen LogP contribution < -0.4 is 11.1 Å². The van der Waals surface area contributed by atoms with Gasteiger partial charge in [-0.25, -0.2) is 4.39 Å². The maximum absolute atomic E-state index is 13.1. The summed E-state index contributed by atoms with van der Waals surface area (Å²) in [6.45, 7) is 0.0663. The number of benzene rings is 1. The molecule has 17 heavy (non-hydrogen) atoms. The van der Waals surface area contributed by atoms with Gasteiger partial charge in [0.05, 0.1) is 12.1 Å². The lowest BCUT2D eigenvalue weighted by Gasteiger charge is -2.12. The molecular formula is C11H14FN3O2. The third kappa shape index (κ3) is 3.44. The van der Waals surface area contributed by atoms with Gasteiger partial charge in [-0.2, -0.15) is 0 Å². The first-order valence-corrected chi connectivity index (χ1v) is 4.95. The van der Waals surface area contributed by atoms with Gasteiger partial charge in [-0.05, 0) is 18.2 Å². The van der Waals surface area contributed by atoms with Crippen molar-refractivity contribution in [3.05, 3.63) is 29.6 Å². The summed E-state index contributed by atoms with van der Waals surface area (Å²) < 4.78 is 13.1.